The average molecular weight is 391 g/mol. The SMILES string of the molecule is CCCCCCCCCCCCCCCCCCCCP(=O)(O)OCC. The molecule has 1 unspecified atom stereocenters. The maximum absolute atomic E-state index is 11.5. The predicted octanol–water partition coefficient (Wildman–Crippen LogP) is 8.25. The van der Waals surface area contributed by atoms with Crippen LogP contribution in [0.15, 0.2) is 0 Å². The van der Waals surface area contributed by atoms with E-state index in [0.29, 0.717) is 12.8 Å². The Morgan fingerprint density at radius 2 is 0.885 bits per heavy atom. The third kappa shape index (κ3) is 20.5. The van der Waals surface area contributed by atoms with Gasteiger partial charge in [-0.25, -0.2) is 0 Å². The molecule has 3 nitrogen and oxygen atoms in total. The van der Waals surface area contributed by atoms with Crippen molar-refractivity contribution in [3.05, 3.63) is 0 Å². The molecule has 0 amide bonds. The largest absolute Gasteiger partial charge is 0.328 e. The first-order chi connectivity index (χ1) is 12.6. The molecule has 0 saturated heterocycles. The summed E-state index contributed by atoms with van der Waals surface area (Å²) in [4.78, 5) is 9.48. The van der Waals surface area contributed by atoms with E-state index in [9.17, 15) is 9.46 Å². The minimum Gasteiger partial charge on any atom is -0.324 e. The Bertz CT molecular complexity index is 321. The van der Waals surface area contributed by atoms with Crippen LogP contribution in [0, 0.1) is 0 Å². The lowest BCUT2D eigenvalue weighted by molar-refractivity contribution is 0.272. The first-order valence-electron chi connectivity index (χ1n) is 11.6. The van der Waals surface area contributed by atoms with E-state index in [0.717, 1.165) is 12.8 Å². The quantitative estimate of drug-likeness (QED) is 0.158. The molecule has 0 saturated carbocycles. The summed E-state index contributed by atoms with van der Waals surface area (Å²) in [5.74, 6) is 0. The minimum atomic E-state index is -3.28. The molecule has 0 spiro atoms. The second-order valence-electron chi connectivity index (χ2n) is 7.79. The highest BCUT2D eigenvalue weighted by Gasteiger charge is 2.16. The van der Waals surface area contributed by atoms with Gasteiger partial charge in [0.1, 0.15) is 0 Å². The molecule has 0 radical (unpaired) electrons. The highest BCUT2D eigenvalue weighted by Crippen LogP contribution is 2.42. The van der Waals surface area contributed by atoms with E-state index in [2.05, 4.69) is 6.92 Å². The fraction of sp³-hybridized carbons (Fsp3) is 1.00. The van der Waals surface area contributed by atoms with Crippen molar-refractivity contribution in [2.24, 2.45) is 0 Å². The minimum absolute atomic E-state index is 0.319. The van der Waals surface area contributed by atoms with Crippen molar-refractivity contribution < 1.29 is 14.0 Å². The molecule has 0 heterocycles. The van der Waals surface area contributed by atoms with Crippen LogP contribution in [-0.4, -0.2) is 17.7 Å². The van der Waals surface area contributed by atoms with Crippen LogP contribution >= 0.6 is 7.60 Å². The summed E-state index contributed by atoms with van der Waals surface area (Å²) >= 11 is 0. The lowest BCUT2D eigenvalue weighted by atomic mass is 10.0. The Morgan fingerprint density at radius 1 is 0.577 bits per heavy atom. The summed E-state index contributed by atoms with van der Waals surface area (Å²) in [5, 5.41) is 0. The van der Waals surface area contributed by atoms with Crippen molar-refractivity contribution in [3.8, 4) is 0 Å². The molecule has 4 heteroatoms. The fourth-order valence-electron chi connectivity index (χ4n) is 3.48. The molecule has 0 aromatic rings. The van der Waals surface area contributed by atoms with Gasteiger partial charge in [-0.05, 0) is 13.3 Å². The van der Waals surface area contributed by atoms with Crippen molar-refractivity contribution in [3.63, 3.8) is 0 Å². The first kappa shape index (κ1) is 26.1. The van der Waals surface area contributed by atoms with E-state index in [1.807, 2.05) is 0 Å². The summed E-state index contributed by atoms with van der Waals surface area (Å²) in [7, 11) is -3.28. The molecule has 0 aliphatic carbocycles. The van der Waals surface area contributed by atoms with Crippen molar-refractivity contribution in [1.29, 1.82) is 0 Å². The summed E-state index contributed by atoms with van der Waals surface area (Å²) in [6.45, 7) is 4.37. The maximum atomic E-state index is 11.5. The molecule has 0 aromatic heterocycles. The molecule has 0 fully saturated rings. The number of rotatable bonds is 21. The zero-order valence-corrected chi connectivity index (χ0v) is 18.7. The normalized spacial score (nSPS) is 13.8. The van der Waals surface area contributed by atoms with Gasteiger partial charge in [-0.1, -0.05) is 116 Å². The Hall–Kier alpha value is 0.150. The molecule has 1 N–H and O–H groups in total. The monoisotopic (exact) mass is 390 g/mol. The van der Waals surface area contributed by atoms with Crippen molar-refractivity contribution in [2.75, 3.05) is 12.8 Å². The second kappa shape index (κ2) is 19.9. The average Bonchev–Trinajstić information content (AvgIpc) is 2.60. The number of hydrogen-bond donors (Lipinski definition) is 1. The van der Waals surface area contributed by atoms with E-state index in [-0.39, 0.29) is 0 Å². The van der Waals surface area contributed by atoms with Gasteiger partial charge < -0.3 is 9.42 Å². The molecule has 1 atom stereocenters. The Morgan fingerprint density at radius 3 is 1.19 bits per heavy atom. The molecular weight excluding hydrogens is 343 g/mol. The summed E-state index contributed by atoms with van der Waals surface area (Å²) < 4.78 is 16.4. The summed E-state index contributed by atoms with van der Waals surface area (Å²) in [5.41, 5.74) is 0. The van der Waals surface area contributed by atoms with Gasteiger partial charge >= 0.3 is 7.60 Å². The zero-order valence-electron chi connectivity index (χ0n) is 17.9. The van der Waals surface area contributed by atoms with E-state index < -0.39 is 7.60 Å². The van der Waals surface area contributed by atoms with Crippen LogP contribution in [0.1, 0.15) is 129 Å². The van der Waals surface area contributed by atoms with Gasteiger partial charge in [0.15, 0.2) is 0 Å². The van der Waals surface area contributed by atoms with Crippen LogP contribution in [-0.2, 0) is 9.09 Å². The number of hydrogen-bond acceptors (Lipinski definition) is 2. The second-order valence-corrected chi connectivity index (χ2v) is 9.77. The van der Waals surface area contributed by atoms with E-state index in [1.54, 1.807) is 6.92 Å². The van der Waals surface area contributed by atoms with Crippen LogP contribution in [0.25, 0.3) is 0 Å². The third-order valence-electron chi connectivity index (χ3n) is 5.13. The highest BCUT2D eigenvalue weighted by molar-refractivity contribution is 7.52. The van der Waals surface area contributed by atoms with Crippen LogP contribution in [0.3, 0.4) is 0 Å². The van der Waals surface area contributed by atoms with Gasteiger partial charge in [0.2, 0.25) is 0 Å². The maximum Gasteiger partial charge on any atom is 0.328 e. The topological polar surface area (TPSA) is 46.5 Å². The molecule has 0 aliphatic heterocycles. The molecule has 0 bridgehead atoms. The van der Waals surface area contributed by atoms with Crippen molar-refractivity contribution in [2.45, 2.75) is 129 Å². The first-order valence-corrected chi connectivity index (χ1v) is 13.3. The summed E-state index contributed by atoms with van der Waals surface area (Å²) in [6.07, 6.45) is 24.3. The third-order valence-corrected chi connectivity index (χ3v) is 6.67. The highest BCUT2D eigenvalue weighted by atomic mass is 31.2. The molecule has 158 valence electrons. The standard InChI is InChI=1S/C22H47O3P/c1-3-5-6-7-8-9-10-11-12-13-14-15-16-17-18-19-20-21-22-26(23,24)25-4-2/h3-22H2,1-2H3,(H,23,24). The van der Waals surface area contributed by atoms with E-state index in [4.69, 9.17) is 4.52 Å². The molecular formula is C22H47O3P. The van der Waals surface area contributed by atoms with E-state index >= 15 is 0 Å². The molecule has 0 rings (SSSR count). The summed E-state index contributed by atoms with van der Waals surface area (Å²) in [6, 6.07) is 0. The van der Waals surface area contributed by atoms with Crippen LogP contribution < -0.4 is 0 Å². The van der Waals surface area contributed by atoms with Gasteiger partial charge in [0, 0.05) is 6.16 Å². The van der Waals surface area contributed by atoms with Crippen LogP contribution in [0.4, 0.5) is 0 Å². The number of unbranched alkanes of at least 4 members (excludes halogenated alkanes) is 17. The lowest BCUT2D eigenvalue weighted by Gasteiger charge is -2.10. The van der Waals surface area contributed by atoms with Gasteiger partial charge in [-0.2, -0.15) is 0 Å². The van der Waals surface area contributed by atoms with Crippen LogP contribution in [0.5, 0.6) is 0 Å². The lowest BCUT2D eigenvalue weighted by Crippen LogP contribution is -1.94. The van der Waals surface area contributed by atoms with Gasteiger partial charge in [-0.3, -0.25) is 4.57 Å². The van der Waals surface area contributed by atoms with Crippen molar-refractivity contribution in [1.82, 2.24) is 0 Å². The van der Waals surface area contributed by atoms with E-state index in [1.165, 1.54) is 103 Å². The molecule has 0 aromatic carbocycles. The zero-order chi connectivity index (χ0) is 19.3. The predicted molar refractivity (Wildman–Crippen MR) is 115 cm³/mol. The fourth-order valence-corrected chi connectivity index (χ4v) is 4.64. The van der Waals surface area contributed by atoms with Crippen molar-refractivity contribution >= 4 is 7.60 Å². The Kier molecular flexibility index (Phi) is 20.0. The smallest absolute Gasteiger partial charge is 0.324 e. The van der Waals surface area contributed by atoms with Crippen LogP contribution in [0.2, 0.25) is 0 Å². The Labute approximate surface area is 164 Å². The molecule has 0 aliphatic rings. The van der Waals surface area contributed by atoms with Gasteiger partial charge in [-0.15, -0.1) is 0 Å². The Balaban J connectivity index is 3.10. The molecule has 26 heavy (non-hydrogen) atoms. The van der Waals surface area contributed by atoms with Gasteiger partial charge in [0.25, 0.3) is 0 Å². The van der Waals surface area contributed by atoms with Gasteiger partial charge in [0.05, 0.1) is 6.61 Å².